The summed E-state index contributed by atoms with van der Waals surface area (Å²) < 4.78 is 0.903. The molecule has 28 heavy (non-hydrogen) atoms. The van der Waals surface area contributed by atoms with Gasteiger partial charge in [0.2, 0.25) is 0 Å². The van der Waals surface area contributed by atoms with Crippen molar-refractivity contribution in [1.29, 1.82) is 0 Å². The van der Waals surface area contributed by atoms with Crippen LogP contribution in [0.5, 0.6) is 0 Å². The second-order valence-corrected chi connectivity index (χ2v) is 8.50. The molecule has 0 aliphatic heterocycles. The summed E-state index contributed by atoms with van der Waals surface area (Å²) >= 11 is 1.45. The number of H-pyrrole nitrogens is 1. The fourth-order valence-electron chi connectivity index (χ4n) is 3.95. The summed E-state index contributed by atoms with van der Waals surface area (Å²) in [7, 11) is 0. The van der Waals surface area contributed by atoms with E-state index in [-0.39, 0.29) is 6.42 Å². The van der Waals surface area contributed by atoms with Crippen LogP contribution in [0.25, 0.3) is 10.2 Å². The number of carbonyl (C=O) groups is 1. The molecule has 0 saturated heterocycles. The third kappa shape index (κ3) is 3.30. The van der Waals surface area contributed by atoms with Crippen LogP contribution in [0.4, 0.5) is 0 Å². The van der Waals surface area contributed by atoms with Crippen molar-refractivity contribution >= 4 is 27.5 Å². The fourth-order valence-corrected chi connectivity index (χ4v) is 5.23. The van der Waals surface area contributed by atoms with E-state index in [1.54, 1.807) is 0 Å². The molecule has 2 heterocycles. The van der Waals surface area contributed by atoms with Crippen molar-refractivity contribution in [2.24, 2.45) is 0 Å². The van der Waals surface area contributed by atoms with E-state index in [0.29, 0.717) is 16.6 Å². The maximum Gasteiger partial charge on any atom is 0.330 e. The minimum atomic E-state index is -1.19. The Labute approximate surface area is 165 Å². The minimum Gasteiger partial charge on any atom is -0.480 e. The monoisotopic (exact) mass is 398 g/mol. The van der Waals surface area contributed by atoms with E-state index in [1.165, 1.54) is 11.3 Å². The Morgan fingerprint density at radius 3 is 2.64 bits per heavy atom. The number of nitrogens with one attached hydrogen (secondary N) is 1. The number of hydrogen-bond acceptors (Lipinski definition) is 4. The molecule has 6 nitrogen and oxygen atoms in total. The summed E-state index contributed by atoms with van der Waals surface area (Å²) in [6.07, 6.45) is 4.45. The predicted molar refractivity (Wildman–Crippen MR) is 110 cm³/mol. The highest BCUT2D eigenvalue weighted by Gasteiger charge is 2.27. The molecule has 1 aromatic carbocycles. The van der Waals surface area contributed by atoms with Crippen LogP contribution in [0, 0.1) is 6.92 Å². The first-order chi connectivity index (χ1) is 13.5. The van der Waals surface area contributed by atoms with Gasteiger partial charge in [-0.1, -0.05) is 29.8 Å². The molecule has 7 heteroatoms. The van der Waals surface area contributed by atoms with Gasteiger partial charge in [0, 0.05) is 4.88 Å². The van der Waals surface area contributed by atoms with Crippen LogP contribution in [0.2, 0.25) is 0 Å². The molecule has 0 amide bonds. The lowest BCUT2D eigenvalue weighted by Gasteiger charge is -2.15. The van der Waals surface area contributed by atoms with Crippen molar-refractivity contribution in [3.8, 4) is 0 Å². The Hall–Kier alpha value is -2.67. The first-order valence-electron chi connectivity index (χ1n) is 9.53. The van der Waals surface area contributed by atoms with E-state index < -0.39 is 23.3 Å². The number of aliphatic carboxylic acids is 1. The van der Waals surface area contributed by atoms with Crippen LogP contribution in [0.15, 0.2) is 33.9 Å². The molecule has 1 unspecified atom stereocenters. The van der Waals surface area contributed by atoms with E-state index in [0.717, 1.165) is 51.8 Å². The van der Waals surface area contributed by atoms with Crippen molar-refractivity contribution in [1.82, 2.24) is 9.55 Å². The third-order valence-corrected chi connectivity index (χ3v) is 6.67. The molecular weight excluding hydrogens is 376 g/mol. The Balaban J connectivity index is 1.76. The van der Waals surface area contributed by atoms with E-state index in [1.807, 2.05) is 31.2 Å². The highest BCUT2D eigenvalue weighted by Crippen LogP contribution is 2.33. The van der Waals surface area contributed by atoms with Crippen molar-refractivity contribution in [2.45, 2.75) is 51.5 Å². The Morgan fingerprint density at radius 2 is 1.93 bits per heavy atom. The quantitative estimate of drug-likeness (QED) is 0.690. The van der Waals surface area contributed by atoms with Gasteiger partial charge >= 0.3 is 11.7 Å². The number of aromatic nitrogens is 2. The zero-order chi connectivity index (χ0) is 19.8. The lowest BCUT2D eigenvalue weighted by atomic mass is 9.97. The van der Waals surface area contributed by atoms with Gasteiger partial charge in [-0.05, 0) is 56.6 Å². The summed E-state index contributed by atoms with van der Waals surface area (Å²) in [5.74, 6) is -1.16. The molecule has 1 aliphatic rings. The number of aromatic amines is 1. The van der Waals surface area contributed by atoms with Crippen molar-refractivity contribution < 1.29 is 9.90 Å². The van der Waals surface area contributed by atoms with Crippen molar-refractivity contribution in [3.05, 3.63) is 66.7 Å². The molecule has 3 aromatic rings. The van der Waals surface area contributed by atoms with E-state index in [2.05, 4.69) is 4.98 Å². The fraction of sp³-hybridized carbons (Fsp3) is 0.381. The van der Waals surface area contributed by atoms with Crippen LogP contribution in [-0.4, -0.2) is 20.6 Å². The van der Waals surface area contributed by atoms with Gasteiger partial charge in [-0.3, -0.25) is 9.78 Å². The van der Waals surface area contributed by atoms with Crippen LogP contribution in [0.1, 0.15) is 46.9 Å². The maximum absolute atomic E-state index is 13.2. The van der Waals surface area contributed by atoms with E-state index in [9.17, 15) is 19.5 Å². The predicted octanol–water partition coefficient (Wildman–Crippen LogP) is 3.20. The number of nitrogens with zero attached hydrogens (tertiary/aromatic N) is 1. The van der Waals surface area contributed by atoms with Gasteiger partial charge in [0.05, 0.1) is 5.39 Å². The molecular formula is C21H22N2O4S. The maximum atomic E-state index is 13.2. The minimum absolute atomic E-state index is 0.180. The highest BCUT2D eigenvalue weighted by molar-refractivity contribution is 7.18. The van der Waals surface area contributed by atoms with E-state index in [4.69, 9.17) is 0 Å². The van der Waals surface area contributed by atoms with Crippen LogP contribution in [0.3, 0.4) is 0 Å². The molecule has 0 spiro atoms. The molecule has 0 saturated carbocycles. The number of rotatable bonds is 5. The largest absolute Gasteiger partial charge is 0.480 e. The lowest BCUT2D eigenvalue weighted by Crippen LogP contribution is -2.41. The molecule has 1 atom stereocenters. The van der Waals surface area contributed by atoms with Gasteiger partial charge in [-0.2, -0.15) is 0 Å². The van der Waals surface area contributed by atoms with E-state index >= 15 is 0 Å². The van der Waals surface area contributed by atoms with Gasteiger partial charge < -0.3 is 5.11 Å². The van der Waals surface area contributed by atoms with Gasteiger partial charge in [-0.25, -0.2) is 14.2 Å². The highest BCUT2D eigenvalue weighted by atomic mass is 32.1. The summed E-state index contributed by atoms with van der Waals surface area (Å²) in [4.78, 5) is 42.2. The number of thiophene rings is 1. The number of aryl methyl sites for hydroxylation is 4. The summed E-state index contributed by atoms with van der Waals surface area (Å²) in [5.41, 5.74) is 1.97. The third-order valence-electron chi connectivity index (χ3n) is 5.47. The van der Waals surface area contributed by atoms with Crippen LogP contribution in [-0.2, 0) is 24.1 Å². The number of fused-ring (bicyclic) bond motifs is 3. The smallest absolute Gasteiger partial charge is 0.330 e. The molecule has 1 aliphatic carbocycles. The van der Waals surface area contributed by atoms with Gasteiger partial charge in [0.1, 0.15) is 10.9 Å². The molecule has 146 valence electrons. The average Bonchev–Trinajstić information content (AvgIpc) is 3.03. The van der Waals surface area contributed by atoms with Crippen LogP contribution < -0.4 is 11.2 Å². The Kier molecular flexibility index (Phi) is 4.93. The van der Waals surface area contributed by atoms with Crippen molar-refractivity contribution in [2.75, 3.05) is 0 Å². The zero-order valence-corrected chi connectivity index (χ0v) is 16.5. The Morgan fingerprint density at radius 1 is 1.21 bits per heavy atom. The number of hydrogen-bond donors (Lipinski definition) is 2. The molecule has 4 rings (SSSR count). The van der Waals surface area contributed by atoms with Gasteiger partial charge in [0.25, 0.3) is 5.56 Å². The zero-order valence-electron chi connectivity index (χ0n) is 15.7. The first-order valence-corrected chi connectivity index (χ1v) is 10.3. The molecule has 2 aromatic heterocycles. The number of benzene rings is 1. The topological polar surface area (TPSA) is 92.2 Å². The molecule has 0 fully saturated rings. The normalized spacial score (nSPS) is 14.8. The van der Waals surface area contributed by atoms with Gasteiger partial charge in [-0.15, -0.1) is 11.3 Å². The standard InChI is InChI=1S/C21H22N2O4S/c1-12-6-8-13(9-7-12)10-11-15(20(25)26)23-19(24)17-14-4-2-3-5-16(14)28-18(17)22-21(23)27/h6-9,15H,2-5,10-11H2,1H3,(H,22,27)(H,25,26). The molecule has 0 bridgehead atoms. The Bertz CT molecular complexity index is 1150. The second kappa shape index (κ2) is 7.39. The second-order valence-electron chi connectivity index (χ2n) is 7.40. The SMILES string of the molecule is Cc1ccc(CCC(C(=O)O)n2c(=O)[nH]c3sc4c(c3c2=O)CCCC4)cc1. The first kappa shape index (κ1) is 18.7. The lowest BCUT2D eigenvalue weighted by molar-refractivity contribution is -0.141. The summed E-state index contributed by atoms with van der Waals surface area (Å²) in [5, 5.41) is 10.2. The summed E-state index contributed by atoms with van der Waals surface area (Å²) in [6.45, 7) is 1.99. The van der Waals surface area contributed by atoms with Crippen LogP contribution >= 0.6 is 11.3 Å². The molecule has 0 radical (unpaired) electrons. The number of carboxylic acids is 1. The molecule has 2 N–H and O–H groups in total. The van der Waals surface area contributed by atoms with Gasteiger partial charge in [0.15, 0.2) is 0 Å². The average molecular weight is 398 g/mol. The summed E-state index contributed by atoms with van der Waals surface area (Å²) in [6, 6.07) is 6.63. The number of carboxylic acid groups (broad SMARTS) is 1. The van der Waals surface area contributed by atoms with Crippen molar-refractivity contribution in [3.63, 3.8) is 0 Å².